The van der Waals surface area contributed by atoms with Crippen LogP contribution in [0.1, 0.15) is 21.7 Å². The van der Waals surface area contributed by atoms with Gasteiger partial charge in [-0.15, -0.1) is 0 Å². The topological polar surface area (TPSA) is 73.7 Å². The lowest BCUT2D eigenvalue weighted by molar-refractivity contribution is 0.0827. The summed E-state index contributed by atoms with van der Waals surface area (Å²) < 4.78 is 2.08. The molecular weight excluding hydrogens is 404 g/mol. The van der Waals surface area contributed by atoms with Crippen molar-refractivity contribution in [3.63, 3.8) is 0 Å². The van der Waals surface area contributed by atoms with Gasteiger partial charge in [0.05, 0.1) is 17.6 Å². The number of carbonyl (C=O) groups excluding carboxylic acids is 2. The predicted molar refractivity (Wildman–Crippen MR) is 126 cm³/mol. The van der Waals surface area contributed by atoms with Gasteiger partial charge in [-0.2, -0.15) is 0 Å². The summed E-state index contributed by atoms with van der Waals surface area (Å²) in [6, 6.07) is 13.4. The summed E-state index contributed by atoms with van der Waals surface area (Å²) >= 11 is 0. The standard InChI is InChI=1S/C24H30N6O2/c1-17-6-5-7-19(14-17)25-24(32)30-12-10-29(11-13-30)16-22-26-20-15-18(23(31)27(2)3)8-9-21(20)28(22)4/h5-9,14-15H,10-13,16H2,1-4H3,(H,25,32). The van der Waals surface area contributed by atoms with Crippen LogP contribution >= 0.6 is 0 Å². The van der Waals surface area contributed by atoms with Crippen LogP contribution in [0.5, 0.6) is 0 Å². The van der Waals surface area contributed by atoms with Crippen molar-refractivity contribution < 1.29 is 9.59 Å². The van der Waals surface area contributed by atoms with E-state index in [-0.39, 0.29) is 11.9 Å². The number of hydrogen-bond donors (Lipinski definition) is 1. The van der Waals surface area contributed by atoms with Crippen molar-refractivity contribution in [2.24, 2.45) is 7.05 Å². The number of aromatic nitrogens is 2. The van der Waals surface area contributed by atoms with Crippen LogP contribution in [0.15, 0.2) is 42.5 Å². The molecule has 0 spiro atoms. The molecule has 1 fully saturated rings. The summed E-state index contributed by atoms with van der Waals surface area (Å²) in [5.41, 5.74) is 4.41. The number of carbonyl (C=O) groups is 2. The fraction of sp³-hybridized carbons (Fsp3) is 0.375. The van der Waals surface area contributed by atoms with E-state index in [0.29, 0.717) is 25.2 Å². The van der Waals surface area contributed by atoms with Crippen LogP contribution in [-0.2, 0) is 13.6 Å². The maximum absolute atomic E-state index is 12.6. The molecule has 3 aromatic rings. The number of fused-ring (bicyclic) bond motifs is 1. The highest BCUT2D eigenvalue weighted by Crippen LogP contribution is 2.19. The largest absolute Gasteiger partial charge is 0.345 e. The maximum Gasteiger partial charge on any atom is 0.321 e. The third-order valence-electron chi connectivity index (χ3n) is 5.92. The zero-order valence-electron chi connectivity index (χ0n) is 19.1. The van der Waals surface area contributed by atoms with Crippen molar-refractivity contribution in [3.8, 4) is 0 Å². The molecule has 2 aromatic carbocycles. The van der Waals surface area contributed by atoms with Crippen LogP contribution in [-0.4, -0.2) is 76.5 Å². The van der Waals surface area contributed by atoms with Gasteiger partial charge in [0.25, 0.3) is 5.91 Å². The molecule has 32 heavy (non-hydrogen) atoms. The number of anilines is 1. The van der Waals surface area contributed by atoms with Gasteiger partial charge in [0.15, 0.2) is 0 Å². The van der Waals surface area contributed by atoms with Gasteiger partial charge >= 0.3 is 6.03 Å². The van der Waals surface area contributed by atoms with Gasteiger partial charge in [-0.3, -0.25) is 9.69 Å². The van der Waals surface area contributed by atoms with Crippen LogP contribution in [0, 0.1) is 6.92 Å². The Morgan fingerprint density at radius 1 is 1.06 bits per heavy atom. The second kappa shape index (κ2) is 9.00. The Kier molecular flexibility index (Phi) is 6.14. The van der Waals surface area contributed by atoms with Crippen molar-refractivity contribution in [3.05, 3.63) is 59.4 Å². The molecule has 0 unspecified atom stereocenters. The minimum atomic E-state index is -0.0592. The zero-order chi connectivity index (χ0) is 22.8. The number of nitrogens with zero attached hydrogens (tertiary/aromatic N) is 5. The molecule has 1 N–H and O–H groups in total. The zero-order valence-corrected chi connectivity index (χ0v) is 19.1. The van der Waals surface area contributed by atoms with E-state index in [1.54, 1.807) is 19.0 Å². The quantitative estimate of drug-likeness (QED) is 0.685. The Balaban J connectivity index is 1.38. The van der Waals surface area contributed by atoms with Gasteiger partial charge in [0, 0.05) is 58.6 Å². The first-order chi connectivity index (χ1) is 15.3. The Morgan fingerprint density at radius 2 is 1.81 bits per heavy atom. The molecule has 8 nitrogen and oxygen atoms in total. The monoisotopic (exact) mass is 434 g/mol. The van der Waals surface area contributed by atoms with Gasteiger partial charge in [0.2, 0.25) is 0 Å². The normalized spacial score (nSPS) is 14.6. The number of urea groups is 1. The number of rotatable bonds is 4. The molecule has 0 aliphatic carbocycles. The van der Waals surface area contributed by atoms with Gasteiger partial charge in [-0.05, 0) is 42.8 Å². The van der Waals surface area contributed by atoms with Gasteiger partial charge in [0.1, 0.15) is 5.82 Å². The lowest BCUT2D eigenvalue weighted by Gasteiger charge is -2.34. The molecule has 168 valence electrons. The van der Waals surface area contributed by atoms with E-state index in [0.717, 1.165) is 41.2 Å². The number of benzene rings is 2. The summed E-state index contributed by atoms with van der Waals surface area (Å²) in [6.07, 6.45) is 0. The maximum atomic E-state index is 12.6. The number of nitrogens with one attached hydrogen (secondary N) is 1. The van der Waals surface area contributed by atoms with E-state index in [9.17, 15) is 9.59 Å². The van der Waals surface area contributed by atoms with E-state index in [1.807, 2.05) is 61.3 Å². The minimum absolute atomic E-state index is 0.0286. The molecule has 1 aromatic heterocycles. The first kappa shape index (κ1) is 21.8. The van der Waals surface area contributed by atoms with Gasteiger partial charge in [-0.1, -0.05) is 12.1 Å². The van der Waals surface area contributed by atoms with E-state index in [4.69, 9.17) is 4.98 Å². The molecule has 0 bridgehead atoms. The molecule has 2 heterocycles. The lowest BCUT2D eigenvalue weighted by Crippen LogP contribution is -2.49. The van der Waals surface area contributed by atoms with Crippen LogP contribution in [0.4, 0.5) is 10.5 Å². The fourth-order valence-corrected chi connectivity index (χ4v) is 4.02. The number of amides is 3. The van der Waals surface area contributed by atoms with Crippen LogP contribution < -0.4 is 5.32 Å². The summed E-state index contributed by atoms with van der Waals surface area (Å²) in [7, 11) is 5.50. The Hall–Kier alpha value is -3.39. The van der Waals surface area contributed by atoms with Crippen LogP contribution in [0.2, 0.25) is 0 Å². The summed E-state index contributed by atoms with van der Waals surface area (Å²) in [4.78, 5) is 35.4. The first-order valence-electron chi connectivity index (χ1n) is 10.8. The van der Waals surface area contributed by atoms with E-state index >= 15 is 0 Å². The highest BCUT2D eigenvalue weighted by molar-refractivity contribution is 5.97. The Bertz CT molecular complexity index is 1140. The number of hydrogen-bond acceptors (Lipinski definition) is 4. The molecule has 0 atom stereocenters. The third-order valence-corrected chi connectivity index (χ3v) is 5.92. The van der Waals surface area contributed by atoms with Crippen molar-refractivity contribution >= 4 is 28.7 Å². The SMILES string of the molecule is Cc1cccc(NC(=O)N2CCN(Cc3nc4cc(C(=O)N(C)C)ccc4n3C)CC2)c1. The van der Waals surface area contributed by atoms with Crippen molar-refractivity contribution in [1.82, 2.24) is 24.3 Å². The highest BCUT2D eigenvalue weighted by Gasteiger charge is 2.23. The fourth-order valence-electron chi connectivity index (χ4n) is 4.02. The van der Waals surface area contributed by atoms with Crippen molar-refractivity contribution in [2.45, 2.75) is 13.5 Å². The minimum Gasteiger partial charge on any atom is -0.345 e. The third kappa shape index (κ3) is 4.60. The van der Waals surface area contributed by atoms with Gasteiger partial charge < -0.3 is 19.7 Å². The molecule has 3 amide bonds. The van der Waals surface area contributed by atoms with Gasteiger partial charge in [-0.25, -0.2) is 9.78 Å². The number of piperazine rings is 1. The summed E-state index contributed by atoms with van der Waals surface area (Å²) in [5.74, 6) is 0.922. The lowest BCUT2D eigenvalue weighted by atomic mass is 10.2. The highest BCUT2D eigenvalue weighted by atomic mass is 16.2. The summed E-state index contributed by atoms with van der Waals surface area (Å²) in [5, 5.41) is 2.99. The number of aryl methyl sites for hydroxylation is 2. The van der Waals surface area contributed by atoms with Crippen LogP contribution in [0.25, 0.3) is 11.0 Å². The second-order valence-corrected chi connectivity index (χ2v) is 8.55. The Morgan fingerprint density at radius 3 is 2.50 bits per heavy atom. The summed E-state index contributed by atoms with van der Waals surface area (Å²) in [6.45, 7) is 5.63. The number of imidazole rings is 1. The van der Waals surface area contributed by atoms with Crippen molar-refractivity contribution in [1.29, 1.82) is 0 Å². The van der Waals surface area contributed by atoms with E-state index < -0.39 is 0 Å². The molecule has 1 aliphatic heterocycles. The van der Waals surface area contributed by atoms with Crippen LogP contribution in [0.3, 0.4) is 0 Å². The second-order valence-electron chi connectivity index (χ2n) is 8.55. The Labute approximate surface area is 188 Å². The molecule has 4 rings (SSSR count). The molecule has 1 saturated heterocycles. The molecular formula is C24H30N6O2. The molecule has 0 radical (unpaired) electrons. The smallest absolute Gasteiger partial charge is 0.321 e. The molecule has 8 heteroatoms. The predicted octanol–water partition coefficient (Wildman–Crippen LogP) is 2.93. The molecule has 1 aliphatic rings. The molecule has 0 saturated carbocycles. The first-order valence-corrected chi connectivity index (χ1v) is 10.8. The van der Waals surface area contributed by atoms with E-state index in [2.05, 4.69) is 14.8 Å². The average molecular weight is 435 g/mol. The van der Waals surface area contributed by atoms with E-state index in [1.165, 1.54) is 0 Å². The van der Waals surface area contributed by atoms with Crippen molar-refractivity contribution in [2.75, 3.05) is 45.6 Å². The average Bonchev–Trinajstić information content (AvgIpc) is 3.08.